The number of nitrogens with one attached hydrogen (secondary N) is 1. The lowest BCUT2D eigenvalue weighted by Crippen LogP contribution is -2.50. The van der Waals surface area contributed by atoms with Gasteiger partial charge in [-0.15, -0.1) is 0 Å². The molecule has 1 spiro atoms. The summed E-state index contributed by atoms with van der Waals surface area (Å²) in [6.45, 7) is 0. The highest BCUT2D eigenvalue weighted by Crippen LogP contribution is 2.52. The Bertz CT molecular complexity index is 440. The summed E-state index contributed by atoms with van der Waals surface area (Å²) in [5.74, 6) is 0. The standard InChI is InChI=1S/C15H19BrClN/c16-12-5-4-11(10-13(12)17)18-14-6-9-15(14)7-2-1-3-8-15/h4-5,10,14,18H,1-3,6-9H2. The van der Waals surface area contributed by atoms with Gasteiger partial charge in [-0.1, -0.05) is 30.9 Å². The number of rotatable bonds is 2. The van der Waals surface area contributed by atoms with Crippen LogP contribution < -0.4 is 5.32 Å². The van der Waals surface area contributed by atoms with E-state index < -0.39 is 0 Å². The Morgan fingerprint density at radius 1 is 1.17 bits per heavy atom. The largest absolute Gasteiger partial charge is 0.382 e. The van der Waals surface area contributed by atoms with E-state index in [1.807, 2.05) is 12.1 Å². The van der Waals surface area contributed by atoms with Crippen LogP contribution in [0.25, 0.3) is 0 Å². The minimum absolute atomic E-state index is 0.595. The third kappa shape index (κ3) is 2.30. The van der Waals surface area contributed by atoms with E-state index >= 15 is 0 Å². The first-order valence-corrected chi connectivity index (χ1v) is 8.08. The molecule has 2 aliphatic carbocycles. The third-order valence-electron chi connectivity index (χ3n) is 4.78. The lowest BCUT2D eigenvalue weighted by Gasteiger charge is -2.52. The lowest BCUT2D eigenvalue weighted by molar-refractivity contribution is 0.0571. The normalized spacial score (nSPS) is 25.8. The Labute approximate surface area is 122 Å². The first-order chi connectivity index (χ1) is 8.70. The molecule has 18 heavy (non-hydrogen) atoms. The topological polar surface area (TPSA) is 12.0 Å². The minimum atomic E-state index is 0.595. The van der Waals surface area contributed by atoms with Crippen molar-refractivity contribution in [1.29, 1.82) is 0 Å². The molecule has 1 N–H and O–H groups in total. The van der Waals surface area contributed by atoms with E-state index in [1.165, 1.54) is 44.9 Å². The quantitative estimate of drug-likeness (QED) is 0.742. The molecule has 1 unspecified atom stereocenters. The summed E-state index contributed by atoms with van der Waals surface area (Å²) in [5.41, 5.74) is 1.76. The van der Waals surface area contributed by atoms with Crippen LogP contribution in [-0.2, 0) is 0 Å². The van der Waals surface area contributed by atoms with E-state index in [0.29, 0.717) is 11.5 Å². The second kappa shape index (κ2) is 5.05. The molecule has 1 aromatic rings. The first-order valence-electron chi connectivity index (χ1n) is 6.91. The molecule has 1 aromatic carbocycles. The molecule has 98 valence electrons. The Morgan fingerprint density at radius 2 is 1.94 bits per heavy atom. The molecule has 0 saturated heterocycles. The van der Waals surface area contributed by atoms with Gasteiger partial charge in [-0.25, -0.2) is 0 Å². The molecule has 0 heterocycles. The van der Waals surface area contributed by atoms with E-state index in [2.05, 4.69) is 27.3 Å². The van der Waals surface area contributed by atoms with Crippen molar-refractivity contribution in [1.82, 2.24) is 0 Å². The molecule has 1 nitrogen and oxygen atoms in total. The second-order valence-electron chi connectivity index (χ2n) is 5.79. The minimum Gasteiger partial charge on any atom is -0.382 e. The van der Waals surface area contributed by atoms with E-state index in [4.69, 9.17) is 11.6 Å². The van der Waals surface area contributed by atoms with Gasteiger partial charge in [0.1, 0.15) is 0 Å². The number of benzene rings is 1. The summed E-state index contributed by atoms with van der Waals surface area (Å²) in [5, 5.41) is 4.49. The van der Waals surface area contributed by atoms with Crippen LogP contribution >= 0.6 is 27.5 Å². The summed E-state index contributed by atoms with van der Waals surface area (Å²) in [7, 11) is 0. The molecule has 0 amide bonds. The Morgan fingerprint density at radius 3 is 2.56 bits per heavy atom. The summed E-state index contributed by atoms with van der Waals surface area (Å²) in [4.78, 5) is 0. The van der Waals surface area contributed by atoms with Crippen LogP contribution in [0.3, 0.4) is 0 Å². The zero-order valence-corrected chi connectivity index (χ0v) is 12.9. The predicted octanol–water partition coefficient (Wildman–Crippen LogP) is 5.63. The molecule has 0 aliphatic heterocycles. The molecule has 2 aliphatic rings. The van der Waals surface area contributed by atoms with Crippen molar-refractivity contribution in [2.24, 2.45) is 5.41 Å². The summed E-state index contributed by atoms with van der Waals surface area (Å²) >= 11 is 9.59. The van der Waals surface area contributed by atoms with Crippen molar-refractivity contribution in [3.05, 3.63) is 27.7 Å². The molecule has 2 fully saturated rings. The van der Waals surface area contributed by atoms with Gasteiger partial charge in [0, 0.05) is 16.2 Å². The summed E-state index contributed by atoms with van der Waals surface area (Å²) < 4.78 is 0.968. The maximum atomic E-state index is 6.15. The van der Waals surface area contributed by atoms with Crippen molar-refractivity contribution in [2.75, 3.05) is 5.32 Å². The number of anilines is 1. The fraction of sp³-hybridized carbons (Fsp3) is 0.600. The van der Waals surface area contributed by atoms with Gasteiger partial charge in [0.15, 0.2) is 0 Å². The molecule has 0 radical (unpaired) electrons. The van der Waals surface area contributed by atoms with Gasteiger partial charge in [0.25, 0.3) is 0 Å². The predicted molar refractivity (Wildman–Crippen MR) is 81.3 cm³/mol. The maximum absolute atomic E-state index is 6.15. The average Bonchev–Trinajstić information content (AvgIpc) is 2.40. The van der Waals surface area contributed by atoms with Crippen LogP contribution in [0.2, 0.25) is 5.02 Å². The van der Waals surface area contributed by atoms with Gasteiger partial charge in [-0.05, 0) is 65.2 Å². The summed E-state index contributed by atoms with van der Waals surface area (Å²) in [6.07, 6.45) is 9.81. The SMILES string of the molecule is Clc1cc(NC2CCC23CCCCC3)ccc1Br. The molecule has 0 aromatic heterocycles. The average molecular weight is 329 g/mol. The number of hydrogen-bond donors (Lipinski definition) is 1. The van der Waals surface area contributed by atoms with Gasteiger partial charge in [0.2, 0.25) is 0 Å². The molecule has 2 saturated carbocycles. The van der Waals surface area contributed by atoms with Crippen LogP contribution in [0, 0.1) is 5.41 Å². The van der Waals surface area contributed by atoms with Crippen LogP contribution in [0.5, 0.6) is 0 Å². The highest BCUT2D eigenvalue weighted by molar-refractivity contribution is 9.10. The fourth-order valence-electron chi connectivity index (χ4n) is 3.56. The van der Waals surface area contributed by atoms with E-state index in [0.717, 1.165) is 15.2 Å². The lowest BCUT2D eigenvalue weighted by atomic mass is 9.57. The van der Waals surface area contributed by atoms with Gasteiger partial charge in [-0.3, -0.25) is 0 Å². The monoisotopic (exact) mass is 327 g/mol. The van der Waals surface area contributed by atoms with Crippen LogP contribution in [0.4, 0.5) is 5.69 Å². The van der Waals surface area contributed by atoms with Gasteiger partial charge < -0.3 is 5.32 Å². The van der Waals surface area contributed by atoms with Crippen molar-refractivity contribution < 1.29 is 0 Å². The first kappa shape index (κ1) is 12.8. The number of halogens is 2. The van der Waals surface area contributed by atoms with Crippen molar-refractivity contribution in [2.45, 2.75) is 51.0 Å². The van der Waals surface area contributed by atoms with Crippen LogP contribution in [0.15, 0.2) is 22.7 Å². The van der Waals surface area contributed by atoms with Crippen LogP contribution in [-0.4, -0.2) is 6.04 Å². The maximum Gasteiger partial charge on any atom is 0.0568 e. The molecule has 3 rings (SSSR count). The third-order valence-corrected chi connectivity index (χ3v) is 6.01. The fourth-order valence-corrected chi connectivity index (χ4v) is 3.99. The van der Waals surface area contributed by atoms with E-state index in [1.54, 1.807) is 0 Å². The molecular weight excluding hydrogens is 310 g/mol. The highest BCUT2D eigenvalue weighted by atomic mass is 79.9. The Hall–Kier alpha value is -0.210. The zero-order chi connectivity index (χ0) is 12.6. The van der Waals surface area contributed by atoms with Gasteiger partial charge >= 0.3 is 0 Å². The Balaban J connectivity index is 1.70. The van der Waals surface area contributed by atoms with Crippen LogP contribution in [0.1, 0.15) is 44.9 Å². The zero-order valence-electron chi connectivity index (χ0n) is 10.5. The molecule has 1 atom stereocenters. The highest BCUT2D eigenvalue weighted by Gasteiger charge is 2.46. The van der Waals surface area contributed by atoms with E-state index in [9.17, 15) is 0 Å². The molecular formula is C15H19BrClN. The van der Waals surface area contributed by atoms with Crippen molar-refractivity contribution in [3.8, 4) is 0 Å². The molecule has 3 heteroatoms. The van der Waals surface area contributed by atoms with Gasteiger partial charge in [0.05, 0.1) is 5.02 Å². The van der Waals surface area contributed by atoms with Crippen molar-refractivity contribution in [3.63, 3.8) is 0 Å². The van der Waals surface area contributed by atoms with E-state index in [-0.39, 0.29) is 0 Å². The number of hydrogen-bond acceptors (Lipinski definition) is 1. The Kier molecular flexibility index (Phi) is 3.59. The smallest absolute Gasteiger partial charge is 0.0568 e. The van der Waals surface area contributed by atoms with Gasteiger partial charge in [-0.2, -0.15) is 0 Å². The second-order valence-corrected chi connectivity index (χ2v) is 7.05. The summed E-state index contributed by atoms with van der Waals surface area (Å²) in [6, 6.07) is 6.83. The van der Waals surface area contributed by atoms with Crippen molar-refractivity contribution >= 4 is 33.2 Å². The molecule has 0 bridgehead atoms.